The second-order valence-electron chi connectivity index (χ2n) is 5.86. The van der Waals surface area contributed by atoms with Crippen molar-refractivity contribution in [1.82, 2.24) is 5.32 Å². The molecule has 0 aliphatic heterocycles. The fourth-order valence-electron chi connectivity index (χ4n) is 2.50. The number of nitrogens with one attached hydrogen (secondary N) is 2. The molecular formula is C19H20ClN3O. The largest absolute Gasteiger partial charge is 0.324 e. The third-order valence-electron chi connectivity index (χ3n) is 3.70. The molecule has 1 unspecified atom stereocenters. The van der Waals surface area contributed by atoms with Crippen molar-refractivity contribution in [3.05, 3.63) is 64.7 Å². The highest BCUT2D eigenvalue weighted by Crippen LogP contribution is 2.23. The van der Waals surface area contributed by atoms with E-state index in [1.807, 2.05) is 24.3 Å². The van der Waals surface area contributed by atoms with Crippen LogP contribution in [0.4, 0.5) is 5.69 Å². The number of nitriles is 1. The monoisotopic (exact) mass is 341 g/mol. The molecular weight excluding hydrogens is 322 g/mol. The van der Waals surface area contributed by atoms with Crippen LogP contribution in [-0.4, -0.2) is 12.5 Å². The normalized spacial score (nSPS) is 11.8. The molecule has 0 aliphatic carbocycles. The number of carbonyl (C=O) groups excluding carboxylic acids is 1. The quantitative estimate of drug-likeness (QED) is 0.830. The molecule has 0 aromatic heterocycles. The van der Waals surface area contributed by atoms with Gasteiger partial charge in [0.15, 0.2) is 0 Å². The van der Waals surface area contributed by atoms with Crippen molar-refractivity contribution in [2.24, 2.45) is 5.92 Å². The molecule has 24 heavy (non-hydrogen) atoms. The van der Waals surface area contributed by atoms with E-state index in [0.29, 0.717) is 22.2 Å². The van der Waals surface area contributed by atoms with Gasteiger partial charge in [-0.3, -0.25) is 4.79 Å². The maximum absolute atomic E-state index is 12.2. The topological polar surface area (TPSA) is 64.9 Å². The first-order valence-electron chi connectivity index (χ1n) is 7.79. The minimum atomic E-state index is -0.183. The van der Waals surface area contributed by atoms with Gasteiger partial charge in [0.2, 0.25) is 5.91 Å². The first kappa shape index (κ1) is 18.0. The third-order valence-corrected chi connectivity index (χ3v) is 3.95. The Balaban J connectivity index is 2.00. The molecule has 2 aromatic carbocycles. The SMILES string of the molecule is CC(C)C(NCC(=O)Nc1ccccc1C#N)c1ccc(Cl)cc1. The number of amides is 1. The smallest absolute Gasteiger partial charge is 0.238 e. The van der Waals surface area contributed by atoms with E-state index in [9.17, 15) is 4.79 Å². The summed E-state index contributed by atoms with van der Waals surface area (Å²) < 4.78 is 0. The van der Waals surface area contributed by atoms with Gasteiger partial charge in [-0.1, -0.05) is 49.7 Å². The molecule has 5 heteroatoms. The van der Waals surface area contributed by atoms with Crippen LogP contribution in [-0.2, 0) is 4.79 Å². The molecule has 1 amide bonds. The summed E-state index contributed by atoms with van der Waals surface area (Å²) in [5.74, 6) is 0.127. The van der Waals surface area contributed by atoms with Crippen molar-refractivity contribution < 1.29 is 4.79 Å². The Morgan fingerprint density at radius 2 is 1.83 bits per heavy atom. The van der Waals surface area contributed by atoms with Crippen LogP contribution in [0.3, 0.4) is 0 Å². The van der Waals surface area contributed by atoms with E-state index in [1.54, 1.807) is 24.3 Å². The van der Waals surface area contributed by atoms with Crippen LogP contribution >= 0.6 is 11.6 Å². The van der Waals surface area contributed by atoms with Crippen molar-refractivity contribution in [3.8, 4) is 6.07 Å². The third kappa shape index (κ3) is 4.82. The predicted molar refractivity (Wildman–Crippen MR) is 96.8 cm³/mol. The first-order chi connectivity index (χ1) is 11.5. The number of carbonyl (C=O) groups is 1. The van der Waals surface area contributed by atoms with E-state index in [1.165, 1.54) is 0 Å². The number of nitrogens with zero attached hydrogens (tertiary/aromatic N) is 1. The van der Waals surface area contributed by atoms with Gasteiger partial charge in [-0.25, -0.2) is 0 Å². The zero-order chi connectivity index (χ0) is 17.5. The Morgan fingerprint density at radius 3 is 2.46 bits per heavy atom. The molecule has 0 aliphatic rings. The Morgan fingerprint density at radius 1 is 1.17 bits per heavy atom. The maximum atomic E-state index is 12.2. The Bertz CT molecular complexity index is 735. The van der Waals surface area contributed by atoms with E-state index in [-0.39, 0.29) is 18.5 Å². The van der Waals surface area contributed by atoms with Crippen LogP contribution < -0.4 is 10.6 Å². The lowest BCUT2D eigenvalue weighted by atomic mass is 9.96. The molecule has 0 heterocycles. The highest BCUT2D eigenvalue weighted by Gasteiger charge is 2.17. The summed E-state index contributed by atoms with van der Waals surface area (Å²) in [5.41, 5.74) is 2.06. The maximum Gasteiger partial charge on any atom is 0.238 e. The summed E-state index contributed by atoms with van der Waals surface area (Å²) in [4.78, 5) is 12.2. The average molecular weight is 342 g/mol. The molecule has 0 fully saturated rings. The Labute approximate surface area is 147 Å². The number of halogens is 1. The van der Waals surface area contributed by atoms with Crippen LogP contribution in [0.25, 0.3) is 0 Å². The molecule has 2 rings (SSSR count). The van der Waals surface area contributed by atoms with Gasteiger partial charge in [0, 0.05) is 11.1 Å². The van der Waals surface area contributed by atoms with Crippen molar-refractivity contribution in [2.45, 2.75) is 19.9 Å². The minimum absolute atomic E-state index is 0.0410. The fourth-order valence-corrected chi connectivity index (χ4v) is 2.62. The van der Waals surface area contributed by atoms with Crippen molar-refractivity contribution in [2.75, 3.05) is 11.9 Å². The first-order valence-corrected chi connectivity index (χ1v) is 8.17. The number of hydrogen-bond donors (Lipinski definition) is 2. The molecule has 2 aromatic rings. The summed E-state index contributed by atoms with van der Waals surface area (Å²) in [6.07, 6.45) is 0. The zero-order valence-corrected chi connectivity index (χ0v) is 14.5. The van der Waals surface area contributed by atoms with E-state index in [2.05, 4.69) is 30.6 Å². The lowest BCUT2D eigenvalue weighted by Gasteiger charge is -2.23. The average Bonchev–Trinajstić information content (AvgIpc) is 2.57. The summed E-state index contributed by atoms with van der Waals surface area (Å²) >= 11 is 5.93. The van der Waals surface area contributed by atoms with Crippen LogP contribution in [0.2, 0.25) is 5.02 Å². The molecule has 0 saturated heterocycles. The molecule has 124 valence electrons. The van der Waals surface area contributed by atoms with E-state index in [0.717, 1.165) is 5.56 Å². The van der Waals surface area contributed by atoms with Crippen molar-refractivity contribution in [3.63, 3.8) is 0 Å². The van der Waals surface area contributed by atoms with Gasteiger partial charge in [-0.2, -0.15) is 5.26 Å². The second kappa shape index (κ2) is 8.49. The van der Waals surface area contributed by atoms with Gasteiger partial charge in [0.25, 0.3) is 0 Å². The van der Waals surface area contributed by atoms with Gasteiger partial charge in [-0.15, -0.1) is 0 Å². The second-order valence-corrected chi connectivity index (χ2v) is 6.30. The minimum Gasteiger partial charge on any atom is -0.324 e. The lowest BCUT2D eigenvalue weighted by molar-refractivity contribution is -0.115. The fraction of sp³-hybridized carbons (Fsp3) is 0.263. The molecule has 4 nitrogen and oxygen atoms in total. The zero-order valence-electron chi connectivity index (χ0n) is 13.7. The molecule has 0 bridgehead atoms. The Kier molecular flexibility index (Phi) is 6.36. The molecule has 1 atom stereocenters. The molecule has 0 radical (unpaired) electrons. The van der Waals surface area contributed by atoms with Gasteiger partial charge < -0.3 is 10.6 Å². The molecule has 0 spiro atoms. The number of benzene rings is 2. The summed E-state index contributed by atoms with van der Waals surface area (Å²) in [6, 6.07) is 16.7. The van der Waals surface area contributed by atoms with Gasteiger partial charge in [-0.05, 0) is 35.7 Å². The van der Waals surface area contributed by atoms with Gasteiger partial charge in [0.1, 0.15) is 6.07 Å². The summed E-state index contributed by atoms with van der Waals surface area (Å²) in [5, 5.41) is 15.8. The molecule has 0 saturated carbocycles. The van der Waals surface area contributed by atoms with Gasteiger partial charge in [0.05, 0.1) is 17.8 Å². The van der Waals surface area contributed by atoms with Crippen LogP contribution in [0, 0.1) is 17.2 Å². The number of para-hydroxylation sites is 1. The Hall–Kier alpha value is -2.35. The number of hydrogen-bond acceptors (Lipinski definition) is 3. The highest BCUT2D eigenvalue weighted by atomic mass is 35.5. The standard InChI is InChI=1S/C19H20ClN3O/c1-13(2)19(14-7-9-16(20)10-8-14)22-12-18(24)23-17-6-4-3-5-15(17)11-21/h3-10,13,19,22H,12H2,1-2H3,(H,23,24). The van der Waals surface area contributed by atoms with E-state index < -0.39 is 0 Å². The van der Waals surface area contributed by atoms with E-state index in [4.69, 9.17) is 16.9 Å². The predicted octanol–water partition coefficient (Wildman–Crippen LogP) is 4.14. The van der Waals surface area contributed by atoms with Crippen molar-refractivity contribution >= 4 is 23.2 Å². The van der Waals surface area contributed by atoms with Crippen LogP contribution in [0.5, 0.6) is 0 Å². The summed E-state index contributed by atoms with van der Waals surface area (Å²) in [6.45, 7) is 4.34. The lowest BCUT2D eigenvalue weighted by Crippen LogP contribution is -2.33. The van der Waals surface area contributed by atoms with Crippen molar-refractivity contribution in [1.29, 1.82) is 5.26 Å². The number of anilines is 1. The summed E-state index contributed by atoms with van der Waals surface area (Å²) in [7, 11) is 0. The molecule has 2 N–H and O–H groups in total. The number of rotatable bonds is 6. The van der Waals surface area contributed by atoms with E-state index >= 15 is 0 Å². The highest BCUT2D eigenvalue weighted by molar-refractivity contribution is 6.30. The van der Waals surface area contributed by atoms with Gasteiger partial charge >= 0.3 is 0 Å². The van der Waals surface area contributed by atoms with Crippen LogP contribution in [0.1, 0.15) is 31.0 Å². The van der Waals surface area contributed by atoms with Crippen LogP contribution in [0.15, 0.2) is 48.5 Å².